The third kappa shape index (κ3) is 4.13. The highest BCUT2D eigenvalue weighted by Crippen LogP contribution is 2.33. The minimum Gasteiger partial charge on any atom is -0.336 e. The molecule has 1 aromatic rings. The molecule has 0 bridgehead atoms. The number of benzene rings is 1. The van der Waals surface area contributed by atoms with Crippen molar-refractivity contribution in [3.05, 3.63) is 34.6 Å². The van der Waals surface area contributed by atoms with Crippen LogP contribution in [-0.4, -0.2) is 79.5 Å². The fourth-order valence-corrected chi connectivity index (χ4v) is 5.18. The van der Waals surface area contributed by atoms with Crippen LogP contribution in [0.15, 0.2) is 18.2 Å². The maximum absolute atomic E-state index is 13.5. The molecule has 0 radical (unpaired) electrons. The molecule has 2 heterocycles. The summed E-state index contributed by atoms with van der Waals surface area (Å²) in [5.74, 6) is -0.757. The van der Waals surface area contributed by atoms with E-state index in [2.05, 4.69) is 11.8 Å². The zero-order valence-corrected chi connectivity index (χ0v) is 17.2. The lowest BCUT2D eigenvalue weighted by molar-refractivity contribution is 0.0312. The zero-order valence-electron chi connectivity index (χ0n) is 15.6. The normalized spacial score (nSPS) is 25.1. The summed E-state index contributed by atoms with van der Waals surface area (Å²) < 4.78 is 38.8. The van der Waals surface area contributed by atoms with Crippen LogP contribution in [0, 0.1) is 5.82 Å². The summed E-state index contributed by atoms with van der Waals surface area (Å²) in [5, 5.41) is 0.244. The second-order valence-corrected chi connectivity index (χ2v) is 9.72. The molecule has 1 unspecified atom stereocenters. The van der Waals surface area contributed by atoms with Crippen molar-refractivity contribution in [1.29, 1.82) is 0 Å². The minimum atomic E-state index is -3.20. The summed E-state index contributed by atoms with van der Waals surface area (Å²) in [5.41, 5.74) is -0.00576. The van der Waals surface area contributed by atoms with Crippen LogP contribution in [0.5, 0.6) is 0 Å². The maximum atomic E-state index is 13.5. The molecule has 0 saturated carbocycles. The van der Waals surface area contributed by atoms with Crippen LogP contribution in [0.1, 0.15) is 30.1 Å². The molecule has 9 heteroatoms. The number of carbonyl (C=O) groups excluding carboxylic acids is 1. The van der Waals surface area contributed by atoms with Crippen LogP contribution in [0.4, 0.5) is 4.39 Å². The van der Waals surface area contributed by atoms with Crippen LogP contribution in [-0.2, 0) is 10.0 Å². The van der Waals surface area contributed by atoms with Gasteiger partial charge in [0.2, 0.25) is 10.0 Å². The summed E-state index contributed by atoms with van der Waals surface area (Å²) >= 11 is 6.06. The van der Waals surface area contributed by atoms with Gasteiger partial charge < -0.3 is 4.90 Å². The van der Waals surface area contributed by atoms with Gasteiger partial charge in [-0.05, 0) is 31.0 Å². The Labute approximate surface area is 164 Å². The molecule has 1 amide bonds. The van der Waals surface area contributed by atoms with Gasteiger partial charge in [-0.25, -0.2) is 17.1 Å². The Morgan fingerprint density at radius 2 is 1.89 bits per heavy atom. The number of amides is 1. The van der Waals surface area contributed by atoms with Gasteiger partial charge in [0.05, 0.1) is 16.8 Å². The topological polar surface area (TPSA) is 60.9 Å². The fourth-order valence-electron chi connectivity index (χ4n) is 4.09. The van der Waals surface area contributed by atoms with Crippen LogP contribution in [0.3, 0.4) is 0 Å². The predicted octanol–water partition coefficient (Wildman–Crippen LogP) is 2.05. The molecule has 2 aliphatic rings. The van der Waals surface area contributed by atoms with Gasteiger partial charge in [0.15, 0.2) is 0 Å². The van der Waals surface area contributed by atoms with Gasteiger partial charge >= 0.3 is 0 Å². The Hall–Kier alpha value is -1.22. The molecular weight excluding hydrogens is 393 g/mol. The fraction of sp³-hybridized carbons (Fsp3) is 0.611. The molecule has 0 aromatic heterocycles. The smallest absolute Gasteiger partial charge is 0.255 e. The molecule has 2 aliphatic heterocycles. The van der Waals surface area contributed by atoms with Crippen molar-refractivity contribution in [2.45, 2.75) is 25.3 Å². The molecule has 1 aromatic carbocycles. The van der Waals surface area contributed by atoms with E-state index in [1.165, 1.54) is 24.5 Å². The summed E-state index contributed by atoms with van der Waals surface area (Å²) in [6.45, 7) is 5.43. The average Bonchev–Trinajstić information content (AvgIpc) is 3.10. The largest absolute Gasteiger partial charge is 0.336 e. The standard InChI is InChI=1S/C18H25ClFN3O3S/c1-3-18(6-7-23(13-18)27(2,25)26)22-10-8-21(9-11-22)17(24)15-12-14(20)4-5-16(15)19/h4-5,12H,3,6-11,13H2,1-2H3. The Morgan fingerprint density at radius 3 is 2.44 bits per heavy atom. The Balaban J connectivity index is 1.68. The third-order valence-corrected chi connectivity index (χ3v) is 7.40. The number of sulfonamides is 1. The highest BCUT2D eigenvalue weighted by Gasteiger charge is 2.45. The molecule has 27 heavy (non-hydrogen) atoms. The van der Waals surface area contributed by atoms with E-state index >= 15 is 0 Å². The molecule has 6 nitrogen and oxygen atoms in total. The first-order valence-corrected chi connectivity index (χ1v) is 11.3. The van der Waals surface area contributed by atoms with Crippen molar-refractivity contribution in [2.24, 2.45) is 0 Å². The van der Waals surface area contributed by atoms with E-state index in [-0.39, 0.29) is 22.0 Å². The number of rotatable bonds is 4. The Kier molecular flexibility index (Phi) is 5.82. The average molecular weight is 418 g/mol. The van der Waals surface area contributed by atoms with Crippen LogP contribution in [0.25, 0.3) is 0 Å². The second kappa shape index (κ2) is 7.66. The van der Waals surface area contributed by atoms with Crippen molar-refractivity contribution in [1.82, 2.24) is 14.1 Å². The van der Waals surface area contributed by atoms with E-state index in [9.17, 15) is 17.6 Å². The van der Waals surface area contributed by atoms with E-state index in [0.717, 1.165) is 12.8 Å². The predicted molar refractivity (Wildman–Crippen MR) is 103 cm³/mol. The van der Waals surface area contributed by atoms with Gasteiger partial charge in [0.1, 0.15) is 5.82 Å². The number of nitrogens with zero attached hydrogens (tertiary/aromatic N) is 3. The number of halogens is 2. The minimum absolute atomic E-state index is 0.180. The third-order valence-electron chi connectivity index (χ3n) is 5.82. The van der Waals surface area contributed by atoms with Gasteiger partial charge in [-0.2, -0.15) is 0 Å². The van der Waals surface area contributed by atoms with Gasteiger partial charge in [-0.1, -0.05) is 18.5 Å². The highest BCUT2D eigenvalue weighted by molar-refractivity contribution is 7.88. The quantitative estimate of drug-likeness (QED) is 0.752. The van der Waals surface area contributed by atoms with E-state index in [1.54, 1.807) is 9.21 Å². The Morgan fingerprint density at radius 1 is 1.22 bits per heavy atom. The van der Waals surface area contributed by atoms with Gasteiger partial charge in [0, 0.05) is 44.8 Å². The molecule has 0 N–H and O–H groups in total. The monoisotopic (exact) mass is 417 g/mol. The van der Waals surface area contributed by atoms with Gasteiger partial charge in [-0.15, -0.1) is 0 Å². The molecule has 2 fully saturated rings. The van der Waals surface area contributed by atoms with Crippen LogP contribution < -0.4 is 0 Å². The first kappa shape index (κ1) is 20.5. The summed E-state index contributed by atoms with van der Waals surface area (Å²) in [7, 11) is -3.20. The Bertz CT molecular complexity index is 827. The van der Waals surface area contributed by atoms with Gasteiger partial charge in [0.25, 0.3) is 5.91 Å². The molecule has 0 aliphatic carbocycles. The van der Waals surface area contributed by atoms with Crippen molar-refractivity contribution >= 4 is 27.5 Å². The van der Waals surface area contributed by atoms with Crippen molar-refractivity contribution < 1.29 is 17.6 Å². The number of hydrogen-bond donors (Lipinski definition) is 0. The molecule has 2 saturated heterocycles. The first-order valence-electron chi connectivity index (χ1n) is 9.11. The molecular formula is C18H25ClFN3O3S. The van der Waals surface area contributed by atoms with Gasteiger partial charge in [-0.3, -0.25) is 9.69 Å². The SMILES string of the molecule is CCC1(N2CCN(C(=O)c3cc(F)ccc3Cl)CC2)CCN(S(C)(=O)=O)C1. The molecule has 150 valence electrons. The van der Waals surface area contributed by atoms with E-state index in [0.29, 0.717) is 39.3 Å². The maximum Gasteiger partial charge on any atom is 0.255 e. The second-order valence-electron chi connectivity index (χ2n) is 7.33. The highest BCUT2D eigenvalue weighted by atomic mass is 35.5. The zero-order chi connectivity index (χ0) is 19.8. The summed E-state index contributed by atoms with van der Waals surface area (Å²) in [6, 6.07) is 3.80. The number of piperazine rings is 1. The first-order chi connectivity index (χ1) is 12.7. The van der Waals surface area contributed by atoms with E-state index in [1.807, 2.05) is 0 Å². The van der Waals surface area contributed by atoms with E-state index in [4.69, 9.17) is 11.6 Å². The molecule has 3 rings (SSSR count). The number of carbonyl (C=O) groups is 1. The lowest BCUT2D eigenvalue weighted by Gasteiger charge is -2.45. The van der Waals surface area contributed by atoms with Crippen LogP contribution in [0.2, 0.25) is 5.02 Å². The number of hydrogen-bond acceptors (Lipinski definition) is 4. The summed E-state index contributed by atoms with van der Waals surface area (Å²) in [4.78, 5) is 16.7. The van der Waals surface area contributed by atoms with Crippen molar-refractivity contribution in [3.8, 4) is 0 Å². The lowest BCUT2D eigenvalue weighted by Crippen LogP contribution is -2.59. The van der Waals surface area contributed by atoms with E-state index < -0.39 is 15.8 Å². The van der Waals surface area contributed by atoms with Crippen LogP contribution >= 0.6 is 11.6 Å². The summed E-state index contributed by atoms with van der Waals surface area (Å²) in [6.07, 6.45) is 2.89. The lowest BCUT2D eigenvalue weighted by atomic mass is 9.92. The molecule has 1 atom stereocenters. The molecule has 0 spiro atoms. The van der Waals surface area contributed by atoms with Crippen molar-refractivity contribution in [2.75, 3.05) is 45.5 Å². The van der Waals surface area contributed by atoms with Crippen molar-refractivity contribution in [3.63, 3.8) is 0 Å².